The number of rotatable bonds is 42. The SMILES string of the molecule is CCCN(OCC)C(=O)C1=Cc2sc(CN3C[C@@H]4CN(C(=O)CCOCCOCCOCCOCCOCCOCCOCCOCCOCCOCCC(=O)Oc5c(F)c(F)c(S(=O)(=O)O)c(F)c5F)C[C@@H]4C3)cc2N=C(N)C1. The second-order valence-corrected chi connectivity index (χ2v) is 20.8. The van der Waals surface area contributed by atoms with E-state index in [4.69, 9.17) is 62.5 Å². The molecule has 0 aliphatic carbocycles. The quantitative estimate of drug-likeness (QED) is 0.0181. The number of aliphatic imine (C=N–C) groups is 1. The molecule has 1 aromatic heterocycles. The van der Waals surface area contributed by atoms with E-state index in [1.807, 2.05) is 24.8 Å². The standard InChI is InChI=1S/C51H75F4N5O18S2/c1-3-7-60(77-4-2)51(63)36-28-41-40(57-42(56)29-36)30-39(79-41)35-58-31-37-33-59(34-38(37)32-58)43(61)5-8-67-10-12-69-14-16-71-18-20-73-22-24-75-26-27-76-25-23-74-21-19-72-17-15-70-13-11-68-9-6-44(62)78-49-45(52)47(54)50(80(64,65)66)48(55)46(49)53/h28,30,37-38H,3-27,29,31-35H2,1-2H3,(H2,56,57)(H,64,65,66)/t37-,38+. The largest absolute Gasteiger partial charge is 0.420 e. The predicted octanol–water partition coefficient (Wildman–Crippen LogP) is 3.96. The number of amidine groups is 1. The molecule has 5 rings (SSSR count). The molecule has 2 atom stereocenters. The summed E-state index contributed by atoms with van der Waals surface area (Å²) >= 11 is 1.64. The van der Waals surface area contributed by atoms with E-state index in [0.29, 0.717) is 142 Å². The Labute approximate surface area is 467 Å². The molecule has 3 N–H and O–H groups in total. The zero-order valence-corrected chi connectivity index (χ0v) is 46.9. The molecule has 2 saturated heterocycles. The number of fused-ring (bicyclic) bond motifs is 2. The lowest BCUT2D eigenvalue weighted by atomic mass is 10.0. The normalized spacial score (nSPS) is 16.4. The molecule has 80 heavy (non-hydrogen) atoms. The molecule has 29 heteroatoms. The summed E-state index contributed by atoms with van der Waals surface area (Å²) in [4.78, 5) is 52.6. The molecular formula is C51H75F4N5O18S2. The molecule has 0 unspecified atom stereocenters. The molecule has 0 radical (unpaired) electrons. The zero-order valence-electron chi connectivity index (χ0n) is 45.3. The number of carbonyl (C=O) groups is 3. The number of nitrogens with two attached hydrogens (primary N) is 1. The Bertz CT molecular complexity index is 2380. The van der Waals surface area contributed by atoms with Gasteiger partial charge in [-0.3, -0.25) is 28.7 Å². The van der Waals surface area contributed by atoms with Crippen molar-refractivity contribution in [1.82, 2.24) is 14.9 Å². The Morgan fingerprint density at radius 2 is 1.11 bits per heavy atom. The first-order valence-corrected chi connectivity index (χ1v) is 28.8. The number of hydrogen-bond acceptors (Lipinski definition) is 21. The number of likely N-dealkylation sites (tertiary alicyclic amines) is 2. The minimum Gasteiger partial charge on any atom is -0.420 e. The lowest BCUT2D eigenvalue weighted by molar-refractivity contribution is -0.180. The molecule has 2 amide bonds. The van der Waals surface area contributed by atoms with Crippen LogP contribution in [0.3, 0.4) is 0 Å². The predicted molar refractivity (Wildman–Crippen MR) is 280 cm³/mol. The molecule has 0 saturated carbocycles. The highest BCUT2D eigenvalue weighted by molar-refractivity contribution is 7.85. The van der Waals surface area contributed by atoms with Crippen molar-refractivity contribution in [2.45, 2.75) is 51.0 Å². The van der Waals surface area contributed by atoms with Crippen molar-refractivity contribution >= 4 is 56.8 Å². The van der Waals surface area contributed by atoms with Crippen LogP contribution in [0.5, 0.6) is 5.75 Å². The van der Waals surface area contributed by atoms with Gasteiger partial charge in [-0.1, -0.05) is 6.92 Å². The van der Waals surface area contributed by atoms with Crippen molar-refractivity contribution in [2.24, 2.45) is 22.6 Å². The number of carbonyl (C=O) groups excluding carboxylic acids is 3. The first kappa shape index (κ1) is 66.5. The van der Waals surface area contributed by atoms with Gasteiger partial charge >= 0.3 is 16.1 Å². The maximum absolute atomic E-state index is 14.0. The molecular weight excluding hydrogens is 1110 g/mol. The lowest BCUT2D eigenvalue weighted by Crippen LogP contribution is -2.34. The van der Waals surface area contributed by atoms with E-state index in [-0.39, 0.29) is 51.3 Å². The number of thiophene rings is 1. The van der Waals surface area contributed by atoms with Crippen LogP contribution in [0.15, 0.2) is 21.5 Å². The monoisotopic (exact) mass is 1190 g/mol. The van der Waals surface area contributed by atoms with Crippen LogP contribution in [-0.2, 0) is 83.3 Å². The van der Waals surface area contributed by atoms with Gasteiger partial charge in [0.05, 0.1) is 162 Å². The summed E-state index contributed by atoms with van der Waals surface area (Å²) in [5.41, 5.74) is 7.61. The Balaban J connectivity index is 0.727. The summed E-state index contributed by atoms with van der Waals surface area (Å²) in [6.07, 6.45) is 2.72. The number of benzene rings is 1. The van der Waals surface area contributed by atoms with Crippen molar-refractivity contribution in [3.63, 3.8) is 0 Å². The van der Waals surface area contributed by atoms with Crippen molar-refractivity contribution in [3.8, 4) is 5.75 Å². The van der Waals surface area contributed by atoms with E-state index in [1.165, 1.54) is 5.06 Å². The van der Waals surface area contributed by atoms with Crippen molar-refractivity contribution in [2.75, 3.05) is 171 Å². The second-order valence-electron chi connectivity index (χ2n) is 18.2. The third kappa shape index (κ3) is 22.8. The molecule has 2 aromatic rings. The minimum absolute atomic E-state index is 0.0200. The fourth-order valence-corrected chi connectivity index (χ4v) is 10.2. The number of esters is 1. The molecule has 3 aliphatic heterocycles. The third-order valence-corrected chi connectivity index (χ3v) is 14.1. The number of nitrogens with zero attached hydrogens (tertiary/aromatic N) is 4. The van der Waals surface area contributed by atoms with Gasteiger partial charge in [0.1, 0.15) is 5.84 Å². The van der Waals surface area contributed by atoms with E-state index in [1.54, 1.807) is 11.3 Å². The topological polar surface area (TPSA) is 264 Å². The Kier molecular flexibility index (Phi) is 30.2. The van der Waals surface area contributed by atoms with E-state index in [2.05, 4.69) is 20.7 Å². The molecule has 1 aromatic carbocycles. The summed E-state index contributed by atoms with van der Waals surface area (Å²) in [6, 6.07) is 2.07. The van der Waals surface area contributed by atoms with Crippen LogP contribution in [0, 0.1) is 35.1 Å². The van der Waals surface area contributed by atoms with E-state index in [0.717, 1.165) is 54.6 Å². The number of amides is 2. The van der Waals surface area contributed by atoms with E-state index < -0.39 is 56.4 Å². The van der Waals surface area contributed by atoms with E-state index >= 15 is 0 Å². The smallest absolute Gasteiger partial charge is 0.313 e. The number of ether oxygens (including phenoxy) is 11. The van der Waals surface area contributed by atoms with Crippen LogP contribution in [0.4, 0.5) is 23.2 Å². The Morgan fingerprint density at radius 3 is 1.54 bits per heavy atom. The molecule has 452 valence electrons. The fourth-order valence-electron chi connectivity index (χ4n) is 8.47. The Morgan fingerprint density at radius 1 is 0.675 bits per heavy atom. The fraction of sp³-hybridized carbons (Fsp3) is 0.686. The molecule has 2 fully saturated rings. The molecule has 0 spiro atoms. The van der Waals surface area contributed by atoms with Crippen LogP contribution < -0.4 is 10.5 Å². The van der Waals surface area contributed by atoms with Gasteiger partial charge in [-0.05, 0) is 37.3 Å². The third-order valence-electron chi connectivity index (χ3n) is 12.2. The summed E-state index contributed by atoms with van der Waals surface area (Å²) in [5.74, 6) is -11.5. The molecule has 4 heterocycles. The molecule has 3 aliphatic rings. The number of hydrogen-bond donors (Lipinski definition) is 2. The first-order chi connectivity index (χ1) is 38.6. The number of hydroxylamine groups is 2. The highest BCUT2D eigenvalue weighted by Crippen LogP contribution is 2.38. The average Bonchev–Trinajstić information content (AvgIpc) is 4.11. The second kappa shape index (κ2) is 36.3. The van der Waals surface area contributed by atoms with Gasteiger partial charge in [-0.15, -0.1) is 11.3 Å². The van der Waals surface area contributed by atoms with Crippen molar-refractivity contribution in [3.05, 3.63) is 44.7 Å². The Hall–Kier alpha value is -4.31. The van der Waals surface area contributed by atoms with Gasteiger partial charge in [0.15, 0.2) is 16.5 Å². The highest BCUT2D eigenvalue weighted by atomic mass is 32.2. The van der Waals surface area contributed by atoms with Crippen molar-refractivity contribution < 1.29 is 102 Å². The van der Waals surface area contributed by atoms with Crippen LogP contribution in [-0.4, -0.2) is 223 Å². The van der Waals surface area contributed by atoms with Gasteiger partial charge in [0, 0.05) is 56.1 Å². The van der Waals surface area contributed by atoms with Crippen LogP contribution in [0.1, 0.15) is 49.3 Å². The van der Waals surface area contributed by atoms with Crippen LogP contribution in [0.25, 0.3) is 6.08 Å². The first-order valence-electron chi connectivity index (χ1n) is 26.5. The maximum Gasteiger partial charge on any atom is 0.313 e. The van der Waals surface area contributed by atoms with Crippen LogP contribution in [0.2, 0.25) is 0 Å². The number of halogens is 4. The minimum atomic E-state index is -5.65. The highest BCUT2D eigenvalue weighted by Gasteiger charge is 2.41. The van der Waals surface area contributed by atoms with E-state index in [9.17, 15) is 40.4 Å². The zero-order chi connectivity index (χ0) is 57.7. The lowest BCUT2D eigenvalue weighted by Gasteiger charge is -2.21. The summed E-state index contributed by atoms with van der Waals surface area (Å²) in [7, 11) is -5.65. The summed E-state index contributed by atoms with van der Waals surface area (Å²) in [6.45, 7) is 15.0. The van der Waals surface area contributed by atoms with Gasteiger partial charge in [0.25, 0.3) is 5.91 Å². The molecule has 23 nitrogen and oxygen atoms in total. The van der Waals surface area contributed by atoms with Gasteiger partial charge in [-0.25, -0.2) is 18.8 Å². The van der Waals surface area contributed by atoms with Crippen LogP contribution >= 0.6 is 11.3 Å². The summed E-state index contributed by atoms with van der Waals surface area (Å²) in [5, 5.41) is 1.42. The van der Waals surface area contributed by atoms with Gasteiger partial charge in [-0.2, -0.15) is 17.2 Å². The van der Waals surface area contributed by atoms with Crippen molar-refractivity contribution in [1.29, 1.82) is 0 Å². The average molecular weight is 1190 g/mol. The molecule has 0 bridgehead atoms. The van der Waals surface area contributed by atoms with Gasteiger partial charge < -0.3 is 62.7 Å². The summed E-state index contributed by atoms with van der Waals surface area (Å²) < 4.78 is 145. The maximum atomic E-state index is 14.0. The van der Waals surface area contributed by atoms with Gasteiger partial charge in [0.2, 0.25) is 23.3 Å².